The maximum Gasteiger partial charge on any atom is 0.410 e. The van der Waals surface area contributed by atoms with Gasteiger partial charge < -0.3 is 9.64 Å². The lowest BCUT2D eigenvalue weighted by Gasteiger charge is -2.24. The summed E-state index contributed by atoms with van der Waals surface area (Å²) in [5.74, 6) is -1.85. The second kappa shape index (κ2) is 5.38. The van der Waals surface area contributed by atoms with Crippen LogP contribution < -0.4 is 0 Å². The van der Waals surface area contributed by atoms with Crippen LogP contribution in [-0.2, 0) is 4.74 Å². The summed E-state index contributed by atoms with van der Waals surface area (Å²) in [6, 6.07) is 4.16. The molecule has 1 aromatic rings. The summed E-state index contributed by atoms with van der Waals surface area (Å²) in [5.41, 5.74) is -0.227. The van der Waals surface area contributed by atoms with Crippen molar-refractivity contribution in [1.29, 1.82) is 0 Å². The number of hydrogen-bond donors (Lipinski definition) is 0. The van der Waals surface area contributed by atoms with Crippen molar-refractivity contribution in [1.82, 2.24) is 4.90 Å². The summed E-state index contributed by atoms with van der Waals surface area (Å²) in [4.78, 5) is 13.5. The minimum Gasteiger partial charge on any atom is -0.444 e. The molecule has 20 heavy (non-hydrogen) atoms. The van der Waals surface area contributed by atoms with Crippen molar-refractivity contribution in [2.45, 2.75) is 38.7 Å². The molecule has 0 spiro atoms. The molecule has 0 aliphatic carbocycles. The molecule has 0 N–H and O–H groups in total. The van der Waals surface area contributed by atoms with Gasteiger partial charge in [0.15, 0.2) is 11.6 Å². The number of benzene rings is 1. The van der Waals surface area contributed by atoms with E-state index in [1.807, 2.05) is 0 Å². The van der Waals surface area contributed by atoms with Crippen LogP contribution in [0.5, 0.6) is 0 Å². The van der Waals surface area contributed by atoms with E-state index in [2.05, 4.69) is 0 Å². The van der Waals surface area contributed by atoms with E-state index in [0.29, 0.717) is 25.1 Å². The van der Waals surface area contributed by atoms with E-state index in [1.54, 1.807) is 31.7 Å². The van der Waals surface area contributed by atoms with E-state index in [4.69, 9.17) is 4.74 Å². The first-order valence-corrected chi connectivity index (χ1v) is 6.70. The first-order chi connectivity index (χ1) is 9.28. The van der Waals surface area contributed by atoms with Gasteiger partial charge >= 0.3 is 6.09 Å². The molecule has 0 saturated carbocycles. The molecular formula is C15H19F2NO2. The fourth-order valence-corrected chi connectivity index (χ4v) is 2.34. The molecule has 1 saturated heterocycles. The molecule has 0 radical (unpaired) electrons. The highest BCUT2D eigenvalue weighted by molar-refractivity contribution is 5.68. The maximum absolute atomic E-state index is 13.7. The topological polar surface area (TPSA) is 29.5 Å². The fraction of sp³-hybridized carbons (Fsp3) is 0.533. The maximum atomic E-state index is 13.7. The number of amides is 1. The number of hydrogen-bond acceptors (Lipinski definition) is 2. The molecule has 1 heterocycles. The van der Waals surface area contributed by atoms with E-state index in [-0.39, 0.29) is 5.92 Å². The van der Waals surface area contributed by atoms with Crippen LogP contribution in [0.2, 0.25) is 0 Å². The summed E-state index contributed by atoms with van der Waals surface area (Å²) >= 11 is 0. The highest BCUT2D eigenvalue weighted by Crippen LogP contribution is 2.30. The number of halogens is 2. The van der Waals surface area contributed by atoms with Gasteiger partial charge in [0.25, 0.3) is 0 Å². The zero-order valence-corrected chi connectivity index (χ0v) is 12.0. The lowest BCUT2D eigenvalue weighted by atomic mass is 9.98. The molecule has 1 fully saturated rings. The molecule has 1 aromatic carbocycles. The van der Waals surface area contributed by atoms with E-state index in [1.165, 1.54) is 6.07 Å². The predicted molar refractivity (Wildman–Crippen MR) is 71.5 cm³/mol. The highest BCUT2D eigenvalue weighted by Gasteiger charge is 2.32. The molecular weight excluding hydrogens is 264 g/mol. The Labute approximate surface area is 117 Å². The third-order valence-corrected chi connectivity index (χ3v) is 3.26. The normalized spacial score (nSPS) is 19.2. The third-order valence-electron chi connectivity index (χ3n) is 3.26. The number of carbonyl (C=O) groups excluding carboxylic acids is 1. The van der Waals surface area contributed by atoms with Gasteiger partial charge in [0, 0.05) is 19.0 Å². The Morgan fingerprint density at radius 2 is 2.05 bits per heavy atom. The molecule has 0 bridgehead atoms. The van der Waals surface area contributed by atoms with Crippen LogP contribution in [-0.4, -0.2) is 29.7 Å². The first kappa shape index (κ1) is 14.8. The van der Waals surface area contributed by atoms with Gasteiger partial charge in [-0.05, 0) is 38.8 Å². The van der Waals surface area contributed by atoms with Crippen molar-refractivity contribution in [3.63, 3.8) is 0 Å². The Kier molecular flexibility index (Phi) is 3.97. The quantitative estimate of drug-likeness (QED) is 0.786. The van der Waals surface area contributed by atoms with Gasteiger partial charge in [0.1, 0.15) is 5.60 Å². The number of nitrogens with zero attached hydrogens (tertiary/aromatic N) is 1. The van der Waals surface area contributed by atoms with Gasteiger partial charge in [-0.25, -0.2) is 13.6 Å². The summed E-state index contributed by atoms with van der Waals surface area (Å²) in [6.45, 7) is 6.24. The lowest BCUT2D eigenvalue weighted by Crippen LogP contribution is -2.35. The Balaban J connectivity index is 2.06. The van der Waals surface area contributed by atoms with E-state index < -0.39 is 23.3 Å². The lowest BCUT2D eigenvalue weighted by molar-refractivity contribution is 0.0292. The molecule has 1 atom stereocenters. The molecule has 5 heteroatoms. The van der Waals surface area contributed by atoms with E-state index in [9.17, 15) is 13.6 Å². The minimum atomic E-state index is -0.849. The number of ether oxygens (including phenoxy) is 1. The molecule has 3 nitrogen and oxygen atoms in total. The van der Waals surface area contributed by atoms with Crippen molar-refractivity contribution in [3.05, 3.63) is 35.4 Å². The van der Waals surface area contributed by atoms with Gasteiger partial charge in [0.2, 0.25) is 0 Å². The minimum absolute atomic E-state index is 0.182. The second-order valence-electron chi connectivity index (χ2n) is 6.06. The van der Waals surface area contributed by atoms with Gasteiger partial charge in [-0.1, -0.05) is 12.1 Å². The Morgan fingerprint density at radius 1 is 1.35 bits per heavy atom. The highest BCUT2D eigenvalue weighted by atomic mass is 19.2. The van der Waals surface area contributed by atoms with Crippen LogP contribution in [0.25, 0.3) is 0 Å². The summed E-state index contributed by atoms with van der Waals surface area (Å²) in [7, 11) is 0. The molecule has 1 unspecified atom stereocenters. The average Bonchev–Trinajstić information content (AvgIpc) is 2.80. The van der Waals surface area contributed by atoms with Gasteiger partial charge in [-0.3, -0.25) is 0 Å². The monoisotopic (exact) mass is 283 g/mol. The van der Waals surface area contributed by atoms with Crippen LogP contribution in [0.1, 0.15) is 38.7 Å². The SMILES string of the molecule is CC(C)(C)OC(=O)N1CCC(c2cccc(F)c2F)C1. The zero-order valence-electron chi connectivity index (χ0n) is 12.0. The number of carbonyl (C=O) groups is 1. The summed E-state index contributed by atoms with van der Waals surface area (Å²) in [5, 5.41) is 0. The van der Waals surface area contributed by atoms with Crippen LogP contribution in [0.3, 0.4) is 0 Å². The summed E-state index contributed by atoms with van der Waals surface area (Å²) < 4.78 is 32.3. The van der Waals surface area contributed by atoms with Crippen LogP contribution in [0.15, 0.2) is 18.2 Å². The predicted octanol–water partition coefficient (Wildman–Crippen LogP) is 3.69. The molecule has 0 aromatic heterocycles. The van der Waals surface area contributed by atoms with E-state index >= 15 is 0 Å². The molecule has 1 aliphatic heterocycles. The van der Waals surface area contributed by atoms with Gasteiger partial charge in [-0.15, -0.1) is 0 Å². The van der Waals surface area contributed by atoms with Crippen LogP contribution in [0.4, 0.5) is 13.6 Å². The van der Waals surface area contributed by atoms with Crippen LogP contribution in [0, 0.1) is 11.6 Å². The van der Waals surface area contributed by atoms with E-state index in [0.717, 1.165) is 6.07 Å². The molecule has 1 amide bonds. The summed E-state index contributed by atoms with van der Waals surface area (Å²) in [6.07, 6.45) is 0.205. The van der Waals surface area contributed by atoms with Crippen molar-refractivity contribution < 1.29 is 18.3 Å². The Bertz CT molecular complexity index is 511. The molecule has 2 rings (SSSR count). The Morgan fingerprint density at radius 3 is 2.70 bits per heavy atom. The van der Waals surface area contributed by atoms with Crippen LogP contribution >= 0.6 is 0 Å². The van der Waals surface area contributed by atoms with Gasteiger partial charge in [0.05, 0.1) is 0 Å². The molecule has 110 valence electrons. The number of rotatable bonds is 1. The van der Waals surface area contributed by atoms with Crippen molar-refractivity contribution >= 4 is 6.09 Å². The third kappa shape index (κ3) is 3.26. The van der Waals surface area contributed by atoms with Gasteiger partial charge in [-0.2, -0.15) is 0 Å². The fourth-order valence-electron chi connectivity index (χ4n) is 2.34. The Hall–Kier alpha value is -1.65. The van der Waals surface area contributed by atoms with Crippen molar-refractivity contribution in [2.75, 3.05) is 13.1 Å². The second-order valence-corrected chi connectivity index (χ2v) is 6.06. The first-order valence-electron chi connectivity index (χ1n) is 6.70. The largest absolute Gasteiger partial charge is 0.444 e. The zero-order chi connectivity index (χ0) is 14.9. The van der Waals surface area contributed by atoms with Crippen molar-refractivity contribution in [3.8, 4) is 0 Å². The average molecular weight is 283 g/mol. The number of likely N-dealkylation sites (tertiary alicyclic amines) is 1. The van der Waals surface area contributed by atoms with Crippen molar-refractivity contribution in [2.24, 2.45) is 0 Å². The smallest absolute Gasteiger partial charge is 0.410 e. The standard InChI is InChI=1S/C15H19F2NO2/c1-15(2,3)20-14(19)18-8-7-10(9-18)11-5-4-6-12(16)13(11)17/h4-6,10H,7-9H2,1-3H3. The molecule has 1 aliphatic rings.